The molecule has 1 aliphatic rings. The maximum Gasteiger partial charge on any atom is 0.308 e. The number of ether oxygens (including phenoxy) is 1. The van der Waals surface area contributed by atoms with Crippen molar-refractivity contribution in [2.45, 2.75) is 39.5 Å². The van der Waals surface area contributed by atoms with Crippen molar-refractivity contribution in [1.82, 2.24) is 0 Å². The molecule has 2 aromatic rings. The van der Waals surface area contributed by atoms with Gasteiger partial charge in [0.15, 0.2) is 0 Å². The van der Waals surface area contributed by atoms with Crippen LogP contribution in [0.2, 0.25) is 0 Å². The summed E-state index contributed by atoms with van der Waals surface area (Å²) in [5.74, 6) is 1.04. The van der Waals surface area contributed by atoms with E-state index in [4.69, 9.17) is 10.5 Å². The molecule has 0 bridgehead atoms. The number of rotatable bonds is 2. The molecular formula is C19H23NO2. The summed E-state index contributed by atoms with van der Waals surface area (Å²) >= 11 is 0. The zero-order valence-electron chi connectivity index (χ0n) is 13.6. The Morgan fingerprint density at radius 3 is 2.50 bits per heavy atom. The third kappa shape index (κ3) is 2.20. The van der Waals surface area contributed by atoms with Crippen LogP contribution in [0.3, 0.4) is 0 Å². The maximum absolute atomic E-state index is 11.3. The largest absolute Gasteiger partial charge is 0.426 e. The smallest absolute Gasteiger partial charge is 0.308 e. The highest BCUT2D eigenvalue weighted by Gasteiger charge is 2.40. The van der Waals surface area contributed by atoms with Gasteiger partial charge in [0, 0.05) is 18.2 Å². The van der Waals surface area contributed by atoms with E-state index >= 15 is 0 Å². The molecule has 0 amide bonds. The van der Waals surface area contributed by atoms with Gasteiger partial charge in [-0.3, -0.25) is 4.79 Å². The van der Waals surface area contributed by atoms with Crippen LogP contribution in [-0.2, 0) is 4.79 Å². The van der Waals surface area contributed by atoms with Gasteiger partial charge in [-0.2, -0.15) is 0 Å². The van der Waals surface area contributed by atoms with Crippen molar-refractivity contribution >= 4 is 16.7 Å². The number of nitrogens with two attached hydrogens (primary N) is 1. The molecule has 0 aromatic heterocycles. The number of carbonyl (C=O) groups is 1. The number of hydrogen-bond acceptors (Lipinski definition) is 3. The predicted octanol–water partition coefficient (Wildman–Crippen LogP) is 3.95. The highest BCUT2D eigenvalue weighted by Crippen LogP contribution is 2.54. The van der Waals surface area contributed by atoms with Gasteiger partial charge in [-0.15, -0.1) is 0 Å². The van der Waals surface area contributed by atoms with E-state index in [1.807, 2.05) is 18.2 Å². The Labute approximate surface area is 131 Å². The van der Waals surface area contributed by atoms with Crippen LogP contribution in [0.15, 0.2) is 30.3 Å². The Bertz CT molecular complexity index is 743. The van der Waals surface area contributed by atoms with Crippen LogP contribution in [0, 0.1) is 5.41 Å². The lowest BCUT2D eigenvalue weighted by atomic mass is 9.72. The van der Waals surface area contributed by atoms with Crippen LogP contribution < -0.4 is 10.5 Å². The van der Waals surface area contributed by atoms with Crippen LogP contribution in [0.4, 0.5) is 0 Å². The van der Waals surface area contributed by atoms with Crippen molar-refractivity contribution in [3.05, 3.63) is 41.5 Å². The summed E-state index contributed by atoms with van der Waals surface area (Å²) < 4.78 is 5.38. The van der Waals surface area contributed by atoms with Gasteiger partial charge >= 0.3 is 5.97 Å². The van der Waals surface area contributed by atoms with Crippen molar-refractivity contribution < 1.29 is 9.53 Å². The van der Waals surface area contributed by atoms with Crippen molar-refractivity contribution in [2.24, 2.45) is 11.1 Å². The summed E-state index contributed by atoms with van der Waals surface area (Å²) in [5.41, 5.74) is 8.84. The van der Waals surface area contributed by atoms with Crippen molar-refractivity contribution in [3.63, 3.8) is 0 Å². The van der Waals surface area contributed by atoms with Gasteiger partial charge < -0.3 is 10.5 Å². The summed E-state index contributed by atoms with van der Waals surface area (Å²) in [6.07, 6.45) is 0. The zero-order chi connectivity index (χ0) is 16.1. The number of carbonyl (C=O) groups excluding carboxylic acids is 1. The van der Waals surface area contributed by atoms with Gasteiger partial charge in [0.25, 0.3) is 0 Å². The molecule has 2 N–H and O–H groups in total. The lowest BCUT2D eigenvalue weighted by Gasteiger charge is -2.33. The number of hydrogen-bond donors (Lipinski definition) is 1. The second-order valence-corrected chi connectivity index (χ2v) is 7.20. The van der Waals surface area contributed by atoms with Crippen LogP contribution >= 0.6 is 0 Å². The Morgan fingerprint density at radius 2 is 1.91 bits per heavy atom. The predicted molar refractivity (Wildman–Crippen MR) is 89.2 cm³/mol. The molecule has 2 aromatic carbocycles. The maximum atomic E-state index is 11.3. The Morgan fingerprint density at radius 1 is 1.18 bits per heavy atom. The first-order valence-electron chi connectivity index (χ1n) is 7.78. The van der Waals surface area contributed by atoms with E-state index in [0.717, 1.165) is 5.39 Å². The normalized spacial score (nSPS) is 20.4. The fourth-order valence-electron chi connectivity index (χ4n) is 3.98. The highest BCUT2D eigenvalue weighted by atomic mass is 16.5. The van der Waals surface area contributed by atoms with Gasteiger partial charge in [0.1, 0.15) is 5.75 Å². The summed E-state index contributed by atoms with van der Waals surface area (Å²) in [5, 5.41) is 2.23. The second kappa shape index (κ2) is 5.10. The summed E-state index contributed by atoms with van der Waals surface area (Å²) in [4.78, 5) is 11.3. The second-order valence-electron chi connectivity index (χ2n) is 7.20. The molecule has 0 spiro atoms. The van der Waals surface area contributed by atoms with E-state index in [0.29, 0.717) is 24.1 Å². The first-order valence-corrected chi connectivity index (χ1v) is 7.78. The molecular weight excluding hydrogens is 274 g/mol. The standard InChI is InChI=1S/C19H23NO2/c1-11(21)22-16-9-8-14-17-12(6-5-7-13(16)17)15(10-20)18(14)19(2,3)4/h5-9,15,18H,10,20H2,1-4H3. The Kier molecular flexibility index (Phi) is 3.48. The number of esters is 1. The molecule has 3 heteroatoms. The minimum atomic E-state index is -0.290. The minimum absolute atomic E-state index is 0.124. The lowest BCUT2D eigenvalue weighted by molar-refractivity contribution is -0.131. The Hall–Kier alpha value is -1.87. The van der Waals surface area contributed by atoms with Crippen molar-refractivity contribution in [2.75, 3.05) is 6.54 Å². The van der Waals surface area contributed by atoms with Gasteiger partial charge in [0.05, 0.1) is 0 Å². The first kappa shape index (κ1) is 15.0. The third-order valence-electron chi connectivity index (χ3n) is 4.64. The first-order chi connectivity index (χ1) is 10.3. The van der Waals surface area contributed by atoms with Crippen LogP contribution in [0.1, 0.15) is 50.7 Å². The van der Waals surface area contributed by atoms with E-state index < -0.39 is 0 Å². The molecule has 0 saturated heterocycles. The van der Waals surface area contributed by atoms with E-state index in [9.17, 15) is 4.79 Å². The molecule has 0 saturated carbocycles. The fraction of sp³-hybridized carbons (Fsp3) is 0.421. The van der Waals surface area contributed by atoms with E-state index in [1.165, 1.54) is 23.4 Å². The molecule has 0 heterocycles. The topological polar surface area (TPSA) is 52.3 Å². The van der Waals surface area contributed by atoms with Crippen LogP contribution in [0.5, 0.6) is 5.75 Å². The molecule has 3 nitrogen and oxygen atoms in total. The lowest BCUT2D eigenvalue weighted by Crippen LogP contribution is -2.26. The molecule has 22 heavy (non-hydrogen) atoms. The summed E-state index contributed by atoms with van der Waals surface area (Å²) in [7, 11) is 0. The Balaban J connectivity index is 2.28. The van der Waals surface area contributed by atoms with Gasteiger partial charge in [0.2, 0.25) is 0 Å². The average molecular weight is 297 g/mol. The van der Waals surface area contributed by atoms with E-state index in [-0.39, 0.29) is 11.4 Å². The molecule has 2 unspecified atom stereocenters. The fourth-order valence-corrected chi connectivity index (χ4v) is 3.98. The molecule has 0 aliphatic heterocycles. The molecule has 0 radical (unpaired) electrons. The summed E-state index contributed by atoms with van der Waals surface area (Å²) in [6.45, 7) is 8.84. The van der Waals surface area contributed by atoms with Gasteiger partial charge in [-0.05, 0) is 40.5 Å². The molecule has 0 fully saturated rings. The zero-order valence-corrected chi connectivity index (χ0v) is 13.6. The molecule has 3 rings (SSSR count). The van der Waals surface area contributed by atoms with Crippen molar-refractivity contribution in [3.8, 4) is 5.75 Å². The molecule has 1 aliphatic carbocycles. The van der Waals surface area contributed by atoms with E-state index in [2.05, 4.69) is 32.9 Å². The van der Waals surface area contributed by atoms with Gasteiger partial charge in [-0.1, -0.05) is 45.0 Å². The molecule has 2 atom stereocenters. The minimum Gasteiger partial charge on any atom is -0.426 e. The quantitative estimate of drug-likeness (QED) is 0.674. The number of benzene rings is 2. The molecule has 116 valence electrons. The SMILES string of the molecule is CC(=O)Oc1ccc2c3c(cccc13)C(CN)C2C(C)(C)C. The van der Waals surface area contributed by atoms with Crippen molar-refractivity contribution in [1.29, 1.82) is 0 Å². The van der Waals surface area contributed by atoms with Gasteiger partial charge in [-0.25, -0.2) is 0 Å². The highest BCUT2D eigenvalue weighted by molar-refractivity contribution is 5.97. The summed E-state index contributed by atoms with van der Waals surface area (Å²) in [6, 6.07) is 10.2. The van der Waals surface area contributed by atoms with Crippen LogP contribution in [-0.4, -0.2) is 12.5 Å². The van der Waals surface area contributed by atoms with E-state index in [1.54, 1.807) is 0 Å². The van der Waals surface area contributed by atoms with Crippen LogP contribution in [0.25, 0.3) is 10.8 Å². The third-order valence-corrected chi connectivity index (χ3v) is 4.64. The average Bonchev–Trinajstić information content (AvgIpc) is 2.77. The monoisotopic (exact) mass is 297 g/mol.